The van der Waals surface area contributed by atoms with E-state index in [1.165, 1.54) is 23.3 Å². The van der Waals surface area contributed by atoms with Crippen LogP contribution in [0.2, 0.25) is 0 Å². The summed E-state index contributed by atoms with van der Waals surface area (Å²) in [7, 11) is -3.73. The lowest BCUT2D eigenvalue weighted by atomic mass is 9.98. The van der Waals surface area contributed by atoms with Crippen molar-refractivity contribution in [1.82, 2.24) is 9.62 Å². The van der Waals surface area contributed by atoms with Crippen LogP contribution in [0, 0.1) is 0 Å². The molecule has 0 bridgehead atoms. The van der Waals surface area contributed by atoms with Crippen LogP contribution in [0.25, 0.3) is 0 Å². The van der Waals surface area contributed by atoms with Gasteiger partial charge in [0.25, 0.3) is 0 Å². The molecule has 0 aliphatic carbocycles. The Hall–Kier alpha value is -2.81. The molecule has 3 aromatic rings. The Balaban J connectivity index is 1.36. The molecule has 5 rings (SSSR count). The van der Waals surface area contributed by atoms with Crippen LogP contribution in [0.15, 0.2) is 70.2 Å². The zero-order chi connectivity index (χ0) is 21.3. The highest BCUT2D eigenvalue weighted by atomic mass is 32.2. The second-order valence-electron chi connectivity index (χ2n) is 7.68. The molecule has 2 aromatic carbocycles. The fourth-order valence-corrected chi connectivity index (χ4v) is 5.19. The van der Waals surface area contributed by atoms with E-state index in [0.29, 0.717) is 24.7 Å². The van der Waals surface area contributed by atoms with Gasteiger partial charge in [0.15, 0.2) is 11.5 Å². The standard InChI is InChI=1S/C23H24N2O5S/c26-31(27,19-7-8-22-23(14-19)30-13-12-29-22)24-15-20(21-6-3-11-28-21)25-10-9-17-4-1-2-5-18(17)16-25/h1-8,11,14,20,24H,9-10,12-13,15-16H2/t20-/m1/s1. The monoisotopic (exact) mass is 440 g/mol. The van der Waals surface area contributed by atoms with Gasteiger partial charge in [-0.15, -0.1) is 0 Å². The minimum atomic E-state index is -3.73. The van der Waals surface area contributed by atoms with Gasteiger partial charge in [0.2, 0.25) is 10.0 Å². The van der Waals surface area contributed by atoms with Gasteiger partial charge in [-0.3, -0.25) is 4.90 Å². The van der Waals surface area contributed by atoms with Crippen LogP contribution in [-0.2, 0) is 23.0 Å². The van der Waals surface area contributed by atoms with E-state index < -0.39 is 10.0 Å². The molecule has 31 heavy (non-hydrogen) atoms. The highest BCUT2D eigenvalue weighted by molar-refractivity contribution is 7.89. The molecule has 1 aromatic heterocycles. The van der Waals surface area contributed by atoms with E-state index >= 15 is 0 Å². The number of fused-ring (bicyclic) bond motifs is 2. The van der Waals surface area contributed by atoms with Crippen molar-refractivity contribution in [2.45, 2.75) is 23.9 Å². The maximum atomic E-state index is 13.0. The van der Waals surface area contributed by atoms with Gasteiger partial charge in [0, 0.05) is 25.7 Å². The van der Waals surface area contributed by atoms with Crippen LogP contribution in [0.1, 0.15) is 22.9 Å². The molecule has 0 radical (unpaired) electrons. The van der Waals surface area contributed by atoms with E-state index in [9.17, 15) is 8.42 Å². The number of sulfonamides is 1. The van der Waals surface area contributed by atoms with Gasteiger partial charge in [0.05, 0.1) is 17.2 Å². The first-order valence-corrected chi connectivity index (χ1v) is 11.8. The molecule has 0 fully saturated rings. The second-order valence-corrected chi connectivity index (χ2v) is 9.44. The summed E-state index contributed by atoms with van der Waals surface area (Å²) in [6.07, 6.45) is 2.54. The molecule has 8 heteroatoms. The van der Waals surface area contributed by atoms with E-state index in [-0.39, 0.29) is 17.5 Å². The fraction of sp³-hybridized carbons (Fsp3) is 0.304. The van der Waals surface area contributed by atoms with Crippen molar-refractivity contribution in [3.63, 3.8) is 0 Å². The third kappa shape index (κ3) is 4.19. The lowest BCUT2D eigenvalue weighted by Crippen LogP contribution is -2.40. The smallest absolute Gasteiger partial charge is 0.240 e. The van der Waals surface area contributed by atoms with Crippen molar-refractivity contribution in [2.75, 3.05) is 26.3 Å². The molecule has 7 nitrogen and oxygen atoms in total. The molecule has 0 saturated carbocycles. The summed E-state index contributed by atoms with van der Waals surface area (Å²) >= 11 is 0. The van der Waals surface area contributed by atoms with Gasteiger partial charge in [-0.25, -0.2) is 13.1 Å². The number of ether oxygens (including phenoxy) is 2. The predicted molar refractivity (Wildman–Crippen MR) is 115 cm³/mol. The summed E-state index contributed by atoms with van der Waals surface area (Å²) in [4.78, 5) is 2.41. The number of benzene rings is 2. The molecule has 0 amide bonds. The molecular formula is C23H24N2O5S. The lowest BCUT2D eigenvalue weighted by Gasteiger charge is -2.34. The summed E-state index contributed by atoms with van der Waals surface area (Å²) in [5, 5.41) is 0. The molecule has 0 saturated heterocycles. The normalized spacial score (nSPS) is 17.2. The Kier molecular flexibility index (Phi) is 5.43. The largest absolute Gasteiger partial charge is 0.486 e. The van der Waals surface area contributed by atoms with Crippen LogP contribution < -0.4 is 14.2 Å². The first-order chi connectivity index (χ1) is 15.1. The molecule has 3 heterocycles. The van der Waals surface area contributed by atoms with E-state index in [1.54, 1.807) is 12.3 Å². The summed E-state index contributed by atoms with van der Waals surface area (Å²) in [6, 6.07) is 16.6. The van der Waals surface area contributed by atoms with Gasteiger partial charge in [-0.2, -0.15) is 0 Å². The number of hydrogen-bond donors (Lipinski definition) is 1. The summed E-state index contributed by atoms with van der Waals surface area (Å²) in [6.45, 7) is 2.63. The first kappa shape index (κ1) is 20.1. The van der Waals surface area contributed by atoms with Crippen molar-refractivity contribution in [3.05, 3.63) is 77.7 Å². The van der Waals surface area contributed by atoms with Crippen molar-refractivity contribution < 1.29 is 22.3 Å². The van der Waals surface area contributed by atoms with Crippen molar-refractivity contribution >= 4 is 10.0 Å². The number of furan rings is 1. The first-order valence-electron chi connectivity index (χ1n) is 10.3. The minimum absolute atomic E-state index is 0.152. The lowest BCUT2D eigenvalue weighted by molar-refractivity contribution is 0.160. The summed E-state index contributed by atoms with van der Waals surface area (Å²) < 4.78 is 45.5. The quantitative estimate of drug-likeness (QED) is 0.634. The molecule has 0 unspecified atom stereocenters. The minimum Gasteiger partial charge on any atom is -0.486 e. The van der Waals surface area contributed by atoms with Crippen molar-refractivity contribution in [2.24, 2.45) is 0 Å². The number of nitrogens with one attached hydrogen (secondary N) is 1. The van der Waals surface area contributed by atoms with Gasteiger partial charge in [0.1, 0.15) is 19.0 Å². The average molecular weight is 441 g/mol. The Morgan fingerprint density at radius 3 is 2.58 bits per heavy atom. The third-order valence-electron chi connectivity index (χ3n) is 5.76. The molecule has 162 valence electrons. The third-order valence-corrected chi connectivity index (χ3v) is 7.18. The zero-order valence-corrected chi connectivity index (χ0v) is 17.8. The highest BCUT2D eigenvalue weighted by Gasteiger charge is 2.28. The fourth-order valence-electron chi connectivity index (χ4n) is 4.14. The molecular weight excluding hydrogens is 416 g/mol. The van der Waals surface area contributed by atoms with E-state index in [2.05, 4.69) is 27.8 Å². The molecule has 1 N–H and O–H groups in total. The Morgan fingerprint density at radius 1 is 0.968 bits per heavy atom. The molecule has 1 atom stereocenters. The Bertz CT molecular complexity index is 1160. The maximum Gasteiger partial charge on any atom is 0.240 e. The number of hydrogen-bond acceptors (Lipinski definition) is 6. The van der Waals surface area contributed by atoms with Gasteiger partial charge in [-0.1, -0.05) is 24.3 Å². The Labute approximate surface area is 181 Å². The van der Waals surface area contributed by atoms with E-state index in [1.807, 2.05) is 18.2 Å². The van der Waals surface area contributed by atoms with Crippen LogP contribution in [0.3, 0.4) is 0 Å². The van der Waals surface area contributed by atoms with Crippen molar-refractivity contribution in [1.29, 1.82) is 0 Å². The number of rotatable bonds is 6. The molecule has 2 aliphatic heterocycles. The predicted octanol–water partition coefficient (Wildman–Crippen LogP) is 3.13. The van der Waals surface area contributed by atoms with Crippen LogP contribution in [0.4, 0.5) is 0 Å². The molecule has 2 aliphatic rings. The Morgan fingerprint density at radius 2 is 1.77 bits per heavy atom. The number of nitrogens with zero attached hydrogens (tertiary/aromatic N) is 1. The van der Waals surface area contributed by atoms with Gasteiger partial charge in [-0.05, 0) is 41.8 Å². The van der Waals surface area contributed by atoms with E-state index in [4.69, 9.17) is 13.9 Å². The van der Waals surface area contributed by atoms with Crippen LogP contribution in [0.5, 0.6) is 11.5 Å². The maximum absolute atomic E-state index is 13.0. The summed E-state index contributed by atoms with van der Waals surface area (Å²) in [5.41, 5.74) is 2.61. The van der Waals surface area contributed by atoms with Crippen molar-refractivity contribution in [3.8, 4) is 11.5 Å². The highest BCUT2D eigenvalue weighted by Crippen LogP contribution is 2.33. The van der Waals surface area contributed by atoms with Gasteiger partial charge < -0.3 is 13.9 Å². The van der Waals surface area contributed by atoms with Crippen LogP contribution in [-0.4, -0.2) is 39.6 Å². The SMILES string of the molecule is O=S(=O)(NC[C@H](c1ccco1)N1CCc2ccccc2C1)c1ccc2c(c1)OCCO2. The summed E-state index contributed by atoms with van der Waals surface area (Å²) in [5.74, 6) is 1.75. The van der Waals surface area contributed by atoms with E-state index in [0.717, 1.165) is 25.3 Å². The van der Waals surface area contributed by atoms with Crippen LogP contribution >= 0.6 is 0 Å². The van der Waals surface area contributed by atoms with Gasteiger partial charge >= 0.3 is 0 Å². The topological polar surface area (TPSA) is 81.0 Å². The molecule has 0 spiro atoms. The second kappa shape index (κ2) is 8.37. The zero-order valence-electron chi connectivity index (χ0n) is 17.0. The average Bonchev–Trinajstić information content (AvgIpc) is 3.33.